The molecule has 2 rings (SSSR count). The normalized spacial score (nSPS) is 14.8. The van der Waals surface area contributed by atoms with E-state index in [1.54, 1.807) is 19.1 Å². The van der Waals surface area contributed by atoms with Crippen LogP contribution < -0.4 is 5.32 Å². The van der Waals surface area contributed by atoms with Crippen molar-refractivity contribution in [3.8, 4) is 0 Å². The summed E-state index contributed by atoms with van der Waals surface area (Å²) in [5.41, 5.74) is -2.21. The van der Waals surface area contributed by atoms with Crippen LogP contribution in [0.5, 0.6) is 0 Å². The second-order valence-electron chi connectivity index (χ2n) is 5.28. The summed E-state index contributed by atoms with van der Waals surface area (Å²) < 4.78 is 43.9. The maximum atomic E-state index is 12.8. The van der Waals surface area contributed by atoms with Crippen molar-refractivity contribution in [3.05, 3.63) is 53.2 Å². The topological polar surface area (TPSA) is 58.3 Å². The SMILES string of the molecule is Cc1ccc(C(C)(O)CNCc2ncccc2C(F)(F)F)o1. The van der Waals surface area contributed by atoms with Crippen LogP contribution in [0.25, 0.3) is 0 Å². The molecular formula is C15H17F3N2O2. The van der Waals surface area contributed by atoms with E-state index in [0.717, 1.165) is 6.07 Å². The molecule has 0 saturated heterocycles. The second-order valence-corrected chi connectivity index (χ2v) is 5.28. The number of aromatic nitrogens is 1. The summed E-state index contributed by atoms with van der Waals surface area (Å²) in [6.07, 6.45) is -3.15. The van der Waals surface area contributed by atoms with Crippen molar-refractivity contribution < 1.29 is 22.7 Å². The highest BCUT2D eigenvalue weighted by atomic mass is 19.4. The van der Waals surface area contributed by atoms with E-state index in [2.05, 4.69) is 10.3 Å². The fraction of sp³-hybridized carbons (Fsp3) is 0.400. The fourth-order valence-corrected chi connectivity index (χ4v) is 2.07. The third kappa shape index (κ3) is 3.86. The fourth-order valence-electron chi connectivity index (χ4n) is 2.07. The lowest BCUT2D eigenvalue weighted by molar-refractivity contribution is -0.138. The molecule has 0 fully saturated rings. The van der Waals surface area contributed by atoms with Gasteiger partial charge in [0.15, 0.2) is 0 Å². The zero-order valence-electron chi connectivity index (χ0n) is 12.2. The number of furan rings is 1. The van der Waals surface area contributed by atoms with Crippen LogP contribution in [0.15, 0.2) is 34.9 Å². The zero-order valence-corrected chi connectivity index (χ0v) is 12.2. The van der Waals surface area contributed by atoms with Gasteiger partial charge < -0.3 is 14.8 Å². The molecule has 7 heteroatoms. The molecule has 120 valence electrons. The minimum atomic E-state index is -4.45. The first-order valence-electron chi connectivity index (χ1n) is 6.71. The van der Waals surface area contributed by atoms with Gasteiger partial charge in [-0.25, -0.2) is 0 Å². The number of nitrogens with one attached hydrogen (secondary N) is 1. The molecule has 4 nitrogen and oxygen atoms in total. The molecule has 1 unspecified atom stereocenters. The first-order valence-corrected chi connectivity index (χ1v) is 6.71. The van der Waals surface area contributed by atoms with Crippen molar-refractivity contribution in [2.45, 2.75) is 32.2 Å². The molecule has 22 heavy (non-hydrogen) atoms. The van der Waals surface area contributed by atoms with Gasteiger partial charge in [0.25, 0.3) is 0 Å². The molecule has 2 N–H and O–H groups in total. The van der Waals surface area contributed by atoms with Crippen LogP contribution in [0, 0.1) is 6.92 Å². The number of alkyl halides is 3. The number of hydrogen-bond donors (Lipinski definition) is 2. The molecular weight excluding hydrogens is 297 g/mol. The summed E-state index contributed by atoms with van der Waals surface area (Å²) in [7, 11) is 0. The van der Waals surface area contributed by atoms with E-state index in [-0.39, 0.29) is 18.8 Å². The number of halogens is 3. The van der Waals surface area contributed by atoms with Gasteiger partial charge in [0, 0.05) is 19.3 Å². The Labute approximate surface area is 126 Å². The standard InChI is InChI=1S/C15H17F3N2O2/c1-10-5-6-13(22-10)14(2,21)9-19-8-12-11(15(16,17)18)4-3-7-20-12/h3-7,19,21H,8-9H2,1-2H3. The number of hydrogen-bond acceptors (Lipinski definition) is 4. The van der Waals surface area contributed by atoms with Crippen molar-refractivity contribution >= 4 is 0 Å². The molecule has 2 heterocycles. The monoisotopic (exact) mass is 314 g/mol. The Morgan fingerprint density at radius 2 is 2.00 bits per heavy atom. The third-order valence-corrected chi connectivity index (χ3v) is 3.23. The average molecular weight is 314 g/mol. The summed E-state index contributed by atoms with van der Waals surface area (Å²) in [6.45, 7) is 3.21. The molecule has 0 saturated carbocycles. The molecule has 0 spiro atoms. The molecule has 0 aliphatic carbocycles. The van der Waals surface area contributed by atoms with Crippen molar-refractivity contribution in [1.29, 1.82) is 0 Å². The summed E-state index contributed by atoms with van der Waals surface area (Å²) in [5.74, 6) is 1.01. The second kappa shape index (κ2) is 6.10. The van der Waals surface area contributed by atoms with Crippen LogP contribution in [-0.4, -0.2) is 16.6 Å². The van der Waals surface area contributed by atoms with E-state index in [1.165, 1.54) is 19.2 Å². The Balaban J connectivity index is 2.03. The van der Waals surface area contributed by atoms with E-state index in [0.29, 0.717) is 11.5 Å². The van der Waals surface area contributed by atoms with Crippen LogP contribution in [0.3, 0.4) is 0 Å². The Morgan fingerprint density at radius 1 is 1.27 bits per heavy atom. The van der Waals surface area contributed by atoms with Gasteiger partial charge in [-0.1, -0.05) is 0 Å². The van der Waals surface area contributed by atoms with E-state index < -0.39 is 17.3 Å². The first kappa shape index (κ1) is 16.5. The molecule has 1 atom stereocenters. The summed E-state index contributed by atoms with van der Waals surface area (Å²) in [6, 6.07) is 5.58. The Hall–Kier alpha value is -1.86. The lowest BCUT2D eigenvalue weighted by Gasteiger charge is -2.21. The van der Waals surface area contributed by atoms with E-state index in [4.69, 9.17) is 4.42 Å². The number of rotatable bonds is 5. The highest BCUT2D eigenvalue weighted by Gasteiger charge is 2.34. The Kier molecular flexibility index (Phi) is 4.58. The number of pyridine rings is 1. The number of aliphatic hydroxyl groups is 1. The smallest absolute Gasteiger partial charge is 0.418 e. The maximum absolute atomic E-state index is 12.8. The summed E-state index contributed by atoms with van der Waals surface area (Å²) in [4.78, 5) is 3.75. The molecule has 0 aliphatic heterocycles. The van der Waals surface area contributed by atoms with Gasteiger partial charge in [-0.2, -0.15) is 13.2 Å². The van der Waals surface area contributed by atoms with Crippen molar-refractivity contribution in [2.75, 3.05) is 6.54 Å². The molecule has 0 aliphatic rings. The van der Waals surface area contributed by atoms with Crippen molar-refractivity contribution in [3.63, 3.8) is 0 Å². The van der Waals surface area contributed by atoms with Gasteiger partial charge in [-0.05, 0) is 38.1 Å². The summed E-state index contributed by atoms with van der Waals surface area (Å²) >= 11 is 0. The van der Waals surface area contributed by atoms with E-state index >= 15 is 0 Å². The molecule has 2 aromatic rings. The van der Waals surface area contributed by atoms with Crippen molar-refractivity contribution in [2.24, 2.45) is 0 Å². The van der Waals surface area contributed by atoms with Crippen LogP contribution in [0.1, 0.15) is 29.7 Å². The quantitative estimate of drug-likeness (QED) is 0.891. The van der Waals surface area contributed by atoms with Gasteiger partial charge in [-0.3, -0.25) is 4.98 Å². The van der Waals surface area contributed by atoms with Gasteiger partial charge in [0.1, 0.15) is 17.1 Å². The zero-order chi connectivity index (χ0) is 16.4. The lowest BCUT2D eigenvalue weighted by atomic mass is 10.0. The maximum Gasteiger partial charge on any atom is 0.418 e. The largest absolute Gasteiger partial charge is 0.463 e. The number of aryl methyl sites for hydroxylation is 1. The van der Waals surface area contributed by atoms with E-state index in [9.17, 15) is 18.3 Å². The van der Waals surface area contributed by atoms with Crippen LogP contribution in [0.4, 0.5) is 13.2 Å². The van der Waals surface area contributed by atoms with Crippen LogP contribution in [-0.2, 0) is 18.3 Å². The Morgan fingerprint density at radius 3 is 2.59 bits per heavy atom. The highest BCUT2D eigenvalue weighted by Crippen LogP contribution is 2.31. The predicted octanol–water partition coefficient (Wildman–Crippen LogP) is 3.00. The number of nitrogens with zero attached hydrogens (tertiary/aromatic N) is 1. The predicted molar refractivity (Wildman–Crippen MR) is 74.0 cm³/mol. The van der Waals surface area contributed by atoms with Gasteiger partial charge >= 0.3 is 6.18 Å². The van der Waals surface area contributed by atoms with Crippen LogP contribution in [0.2, 0.25) is 0 Å². The highest BCUT2D eigenvalue weighted by molar-refractivity contribution is 5.23. The minimum absolute atomic E-state index is 0.0355. The lowest BCUT2D eigenvalue weighted by Crippen LogP contribution is -2.35. The first-order chi connectivity index (χ1) is 10.2. The third-order valence-electron chi connectivity index (χ3n) is 3.23. The molecule has 2 aromatic heterocycles. The molecule has 0 amide bonds. The Bertz CT molecular complexity index is 636. The van der Waals surface area contributed by atoms with E-state index in [1.807, 2.05) is 0 Å². The molecule has 0 bridgehead atoms. The van der Waals surface area contributed by atoms with Gasteiger partial charge in [-0.15, -0.1) is 0 Å². The van der Waals surface area contributed by atoms with Crippen LogP contribution >= 0.6 is 0 Å². The van der Waals surface area contributed by atoms with Crippen molar-refractivity contribution in [1.82, 2.24) is 10.3 Å². The van der Waals surface area contributed by atoms with Gasteiger partial charge in [0.05, 0.1) is 11.3 Å². The van der Waals surface area contributed by atoms with Gasteiger partial charge in [0.2, 0.25) is 0 Å². The summed E-state index contributed by atoms with van der Waals surface area (Å²) in [5, 5.41) is 13.1. The average Bonchev–Trinajstić information content (AvgIpc) is 2.85. The molecule has 0 radical (unpaired) electrons. The molecule has 0 aromatic carbocycles. The minimum Gasteiger partial charge on any atom is -0.463 e.